The molecule has 0 saturated carbocycles. The molecule has 0 aliphatic carbocycles. The number of aliphatic hydroxyl groups is 1. The second kappa shape index (κ2) is 2.28. The number of hydrogen-bond acceptors (Lipinski definition) is 2. The number of rotatable bonds is 0. The van der Waals surface area contributed by atoms with E-state index in [0.29, 0.717) is 13.0 Å². The molecule has 1 atom stereocenters. The highest BCUT2D eigenvalue weighted by Crippen LogP contribution is 2.07. The smallest absolute Gasteiger partial charge is 0.0862 e. The molecule has 1 N–H and O–H groups in total. The van der Waals surface area contributed by atoms with Crippen molar-refractivity contribution < 1.29 is 9.84 Å². The predicted molar refractivity (Wildman–Crippen MR) is 25.5 cm³/mol. The molecule has 2 heteroatoms. The van der Waals surface area contributed by atoms with Gasteiger partial charge in [0.15, 0.2) is 0 Å². The molecule has 2 nitrogen and oxygen atoms in total. The molecule has 0 amide bonds. The summed E-state index contributed by atoms with van der Waals surface area (Å²) in [7, 11) is 0. The van der Waals surface area contributed by atoms with Gasteiger partial charge in [-0.2, -0.15) is 0 Å². The van der Waals surface area contributed by atoms with Crippen molar-refractivity contribution in [2.75, 3.05) is 6.61 Å². The zero-order valence-corrected chi connectivity index (χ0v) is 4.13. The molecule has 0 spiro atoms. The molecule has 1 unspecified atom stereocenters. The molecule has 1 aliphatic heterocycles. The maximum atomic E-state index is 8.80. The van der Waals surface area contributed by atoms with Gasteiger partial charge in [0.1, 0.15) is 0 Å². The first-order chi connectivity index (χ1) is 3.39. The Labute approximate surface area is 43.1 Å². The van der Waals surface area contributed by atoms with Gasteiger partial charge in [-0.1, -0.05) is 0 Å². The summed E-state index contributed by atoms with van der Waals surface area (Å²) in [6.07, 6.45) is 1.34. The van der Waals surface area contributed by atoms with E-state index in [1.807, 2.05) is 0 Å². The molecule has 7 heavy (non-hydrogen) atoms. The summed E-state index contributed by atoms with van der Waals surface area (Å²) in [6, 6.07) is 0. The Bertz CT molecular complexity index is 48.0. The van der Waals surface area contributed by atoms with Crippen LogP contribution in [0.25, 0.3) is 0 Å². The van der Waals surface area contributed by atoms with Crippen molar-refractivity contribution in [1.82, 2.24) is 0 Å². The van der Waals surface area contributed by atoms with Crippen LogP contribution in [0.3, 0.4) is 0 Å². The monoisotopic (exact) mass is 101 g/mol. The summed E-state index contributed by atoms with van der Waals surface area (Å²) in [5.41, 5.74) is 0. The molecule has 0 bridgehead atoms. The molecular weight excluding hydrogens is 92.1 g/mol. The average molecular weight is 101 g/mol. The van der Waals surface area contributed by atoms with E-state index < -0.39 is 0 Å². The minimum Gasteiger partial charge on any atom is -0.393 e. The van der Waals surface area contributed by atoms with Crippen LogP contribution in [0.15, 0.2) is 0 Å². The van der Waals surface area contributed by atoms with E-state index in [0.717, 1.165) is 6.42 Å². The molecule has 1 rings (SSSR count). The fourth-order valence-electron chi connectivity index (χ4n) is 0.584. The Morgan fingerprint density at radius 2 is 2.57 bits per heavy atom. The van der Waals surface area contributed by atoms with Crippen LogP contribution in [0.5, 0.6) is 0 Å². The van der Waals surface area contributed by atoms with Gasteiger partial charge in [0.2, 0.25) is 0 Å². The first-order valence-corrected chi connectivity index (χ1v) is 2.51. The summed E-state index contributed by atoms with van der Waals surface area (Å²) in [5.74, 6) is 0. The van der Waals surface area contributed by atoms with Gasteiger partial charge in [-0.05, 0) is 6.42 Å². The van der Waals surface area contributed by atoms with Crippen LogP contribution >= 0.6 is 0 Å². The number of hydrogen-bond donors (Lipinski definition) is 1. The van der Waals surface area contributed by atoms with Crippen molar-refractivity contribution in [3.05, 3.63) is 6.61 Å². The standard InChI is InChI=1S/C5H9O2/c6-5-1-3-7-4-2-5/h3,5-6H,1-2,4H2. The van der Waals surface area contributed by atoms with E-state index in [1.165, 1.54) is 0 Å². The van der Waals surface area contributed by atoms with E-state index >= 15 is 0 Å². The molecule has 41 valence electrons. The maximum absolute atomic E-state index is 8.80. The Morgan fingerprint density at radius 1 is 1.71 bits per heavy atom. The van der Waals surface area contributed by atoms with Crippen molar-refractivity contribution in [1.29, 1.82) is 0 Å². The molecule has 1 saturated heterocycles. The zero-order valence-electron chi connectivity index (χ0n) is 4.13. The first-order valence-electron chi connectivity index (χ1n) is 2.51. The predicted octanol–water partition coefficient (Wildman–Crippen LogP) is 0.319. The highest BCUT2D eigenvalue weighted by Gasteiger charge is 2.08. The quantitative estimate of drug-likeness (QED) is 0.476. The molecule has 1 radical (unpaired) electrons. The fourth-order valence-corrected chi connectivity index (χ4v) is 0.584. The maximum Gasteiger partial charge on any atom is 0.0862 e. The third kappa shape index (κ3) is 1.45. The van der Waals surface area contributed by atoms with Gasteiger partial charge in [-0.25, -0.2) is 0 Å². The van der Waals surface area contributed by atoms with Crippen LogP contribution in [0.2, 0.25) is 0 Å². The van der Waals surface area contributed by atoms with Crippen LogP contribution in [0, 0.1) is 6.61 Å². The zero-order chi connectivity index (χ0) is 5.11. The molecule has 0 aromatic rings. The summed E-state index contributed by atoms with van der Waals surface area (Å²) < 4.78 is 4.85. The Morgan fingerprint density at radius 3 is 2.86 bits per heavy atom. The Hall–Kier alpha value is -0.0800. The third-order valence-electron chi connectivity index (χ3n) is 1.06. The summed E-state index contributed by atoms with van der Waals surface area (Å²) >= 11 is 0. The summed E-state index contributed by atoms with van der Waals surface area (Å²) in [6.45, 7) is 2.34. The van der Waals surface area contributed by atoms with Crippen LogP contribution in [0.4, 0.5) is 0 Å². The lowest BCUT2D eigenvalue weighted by Gasteiger charge is -2.15. The van der Waals surface area contributed by atoms with Crippen LogP contribution < -0.4 is 0 Å². The van der Waals surface area contributed by atoms with Crippen LogP contribution in [-0.4, -0.2) is 17.8 Å². The molecular formula is C5H9O2. The van der Waals surface area contributed by atoms with E-state index in [1.54, 1.807) is 6.61 Å². The highest BCUT2D eigenvalue weighted by atomic mass is 16.5. The lowest BCUT2D eigenvalue weighted by Crippen LogP contribution is -2.16. The summed E-state index contributed by atoms with van der Waals surface area (Å²) in [4.78, 5) is 0. The second-order valence-electron chi connectivity index (χ2n) is 1.72. The molecule has 1 fully saturated rings. The van der Waals surface area contributed by atoms with Crippen molar-refractivity contribution in [2.45, 2.75) is 18.9 Å². The fraction of sp³-hybridized carbons (Fsp3) is 0.800. The summed E-state index contributed by atoms with van der Waals surface area (Å²) in [5, 5.41) is 8.80. The lowest BCUT2D eigenvalue weighted by molar-refractivity contribution is 0.0518. The molecule has 0 aromatic heterocycles. The van der Waals surface area contributed by atoms with Crippen molar-refractivity contribution in [3.8, 4) is 0 Å². The normalized spacial score (nSPS) is 25.3. The topological polar surface area (TPSA) is 29.5 Å². The highest BCUT2D eigenvalue weighted by molar-refractivity contribution is 4.66. The van der Waals surface area contributed by atoms with Crippen molar-refractivity contribution in [2.24, 2.45) is 0 Å². The van der Waals surface area contributed by atoms with Crippen molar-refractivity contribution in [3.63, 3.8) is 0 Å². The third-order valence-corrected chi connectivity index (χ3v) is 1.06. The van der Waals surface area contributed by atoms with Gasteiger partial charge in [0.25, 0.3) is 0 Å². The van der Waals surface area contributed by atoms with Gasteiger partial charge >= 0.3 is 0 Å². The average Bonchev–Trinajstić information content (AvgIpc) is 1.69. The van der Waals surface area contributed by atoms with E-state index in [-0.39, 0.29) is 6.10 Å². The Kier molecular flexibility index (Phi) is 1.65. The van der Waals surface area contributed by atoms with Gasteiger partial charge in [0.05, 0.1) is 12.7 Å². The minimum atomic E-state index is -0.145. The minimum absolute atomic E-state index is 0.145. The lowest BCUT2D eigenvalue weighted by atomic mass is 10.2. The van der Waals surface area contributed by atoms with Gasteiger partial charge < -0.3 is 9.84 Å². The SMILES string of the molecule is OC1C[CH]OCC1. The largest absolute Gasteiger partial charge is 0.393 e. The van der Waals surface area contributed by atoms with E-state index in [4.69, 9.17) is 9.84 Å². The number of aliphatic hydroxyl groups excluding tert-OH is 1. The van der Waals surface area contributed by atoms with Crippen LogP contribution in [-0.2, 0) is 4.74 Å². The van der Waals surface area contributed by atoms with Crippen molar-refractivity contribution >= 4 is 0 Å². The van der Waals surface area contributed by atoms with Gasteiger partial charge in [-0.15, -0.1) is 0 Å². The molecule has 0 aromatic carbocycles. The first kappa shape index (κ1) is 5.06. The van der Waals surface area contributed by atoms with Gasteiger partial charge in [0, 0.05) is 13.0 Å². The Balaban J connectivity index is 2.12. The molecule has 1 aliphatic rings. The van der Waals surface area contributed by atoms with E-state index in [2.05, 4.69) is 0 Å². The number of ether oxygens (including phenoxy) is 1. The van der Waals surface area contributed by atoms with E-state index in [9.17, 15) is 0 Å². The van der Waals surface area contributed by atoms with Crippen LogP contribution in [0.1, 0.15) is 12.8 Å². The molecule has 1 heterocycles. The second-order valence-corrected chi connectivity index (χ2v) is 1.72. The van der Waals surface area contributed by atoms with Gasteiger partial charge in [-0.3, -0.25) is 0 Å².